The number of hydrogen-bond acceptors (Lipinski definition) is 2. The molecule has 0 aliphatic heterocycles. The molecule has 1 atom stereocenters. The average Bonchev–Trinajstić information content (AvgIpc) is 2.66. The highest BCUT2D eigenvalue weighted by atomic mass is 35.5. The predicted octanol–water partition coefficient (Wildman–Crippen LogP) is 2.99. The summed E-state index contributed by atoms with van der Waals surface area (Å²) in [5.41, 5.74) is 5.93. The summed E-state index contributed by atoms with van der Waals surface area (Å²) in [5.74, 6) is -0.165. The minimum absolute atomic E-state index is 0.344. The zero-order valence-corrected chi connectivity index (χ0v) is 12.4. The predicted molar refractivity (Wildman–Crippen MR) is 76.9 cm³/mol. The van der Waals surface area contributed by atoms with Crippen molar-refractivity contribution in [2.24, 2.45) is 11.1 Å². The van der Waals surface area contributed by atoms with E-state index in [1.54, 1.807) is 26.8 Å². The molecule has 1 heterocycles. The summed E-state index contributed by atoms with van der Waals surface area (Å²) >= 11 is 6.13. The van der Waals surface area contributed by atoms with E-state index in [1.807, 2.05) is 4.57 Å². The molecule has 0 spiro atoms. The first-order valence-electron chi connectivity index (χ1n) is 6.32. The molecule has 2 aromatic rings. The number of alkyl halides is 1. The zero-order valence-electron chi connectivity index (χ0n) is 11.7. The van der Waals surface area contributed by atoms with Crippen molar-refractivity contribution >= 4 is 28.5 Å². The summed E-state index contributed by atoms with van der Waals surface area (Å²) in [4.78, 5) is 15.9. The number of nitrogens with zero attached hydrogens (tertiary/aromatic N) is 2. The lowest BCUT2D eigenvalue weighted by Gasteiger charge is -2.23. The molecule has 0 aliphatic carbocycles. The summed E-state index contributed by atoms with van der Waals surface area (Å²) in [6, 6.07) is 4.35. The number of benzene rings is 1. The van der Waals surface area contributed by atoms with Crippen LogP contribution in [0.5, 0.6) is 0 Å². The largest absolute Gasteiger partial charge is 0.369 e. The zero-order chi connectivity index (χ0) is 15.1. The highest BCUT2D eigenvalue weighted by Gasteiger charge is 2.28. The Morgan fingerprint density at radius 3 is 2.75 bits per heavy atom. The van der Waals surface area contributed by atoms with E-state index in [1.165, 1.54) is 12.1 Å². The molecule has 0 fully saturated rings. The molecule has 2 rings (SSSR count). The lowest BCUT2D eigenvalue weighted by Crippen LogP contribution is -2.35. The molecular formula is C14H17ClFN3O. The van der Waals surface area contributed by atoms with Gasteiger partial charge in [-0.1, -0.05) is 0 Å². The van der Waals surface area contributed by atoms with Crippen molar-refractivity contribution < 1.29 is 9.18 Å². The second-order valence-corrected chi connectivity index (χ2v) is 6.21. The maximum atomic E-state index is 13.3. The summed E-state index contributed by atoms with van der Waals surface area (Å²) < 4.78 is 15.1. The number of primary amides is 1. The van der Waals surface area contributed by atoms with Gasteiger partial charge < -0.3 is 10.3 Å². The second-order valence-electron chi connectivity index (χ2n) is 5.55. The quantitative estimate of drug-likeness (QED) is 0.882. The normalized spacial score (nSPS) is 13.7. The van der Waals surface area contributed by atoms with E-state index >= 15 is 0 Å². The van der Waals surface area contributed by atoms with Crippen molar-refractivity contribution in [3.63, 3.8) is 0 Å². The second kappa shape index (κ2) is 5.05. The Morgan fingerprint density at radius 2 is 2.20 bits per heavy atom. The van der Waals surface area contributed by atoms with Crippen molar-refractivity contribution in [2.45, 2.75) is 32.7 Å². The molecule has 0 radical (unpaired) electrons. The molecule has 0 saturated carbocycles. The summed E-state index contributed by atoms with van der Waals surface area (Å²) in [7, 11) is 0. The van der Waals surface area contributed by atoms with Crippen LogP contribution in [0.1, 0.15) is 32.0 Å². The van der Waals surface area contributed by atoms with Crippen molar-refractivity contribution in [2.75, 3.05) is 0 Å². The van der Waals surface area contributed by atoms with Gasteiger partial charge in [-0.15, -0.1) is 11.6 Å². The first kappa shape index (κ1) is 14.8. The van der Waals surface area contributed by atoms with Crippen LogP contribution in [0.2, 0.25) is 0 Å². The molecule has 1 aromatic heterocycles. The molecule has 20 heavy (non-hydrogen) atoms. The Balaban J connectivity index is 2.60. The maximum Gasteiger partial charge on any atom is 0.224 e. The highest BCUT2D eigenvalue weighted by Crippen LogP contribution is 2.29. The van der Waals surface area contributed by atoms with Gasteiger partial charge in [0.25, 0.3) is 0 Å². The summed E-state index contributed by atoms with van der Waals surface area (Å²) in [5, 5.41) is -0.353. The van der Waals surface area contributed by atoms with Gasteiger partial charge in [0, 0.05) is 12.6 Å². The van der Waals surface area contributed by atoms with E-state index in [4.69, 9.17) is 17.3 Å². The number of hydrogen-bond donors (Lipinski definition) is 1. The molecule has 0 saturated heterocycles. The summed E-state index contributed by atoms with van der Waals surface area (Å²) in [6.07, 6.45) is 0. The molecule has 6 heteroatoms. The monoisotopic (exact) mass is 297 g/mol. The van der Waals surface area contributed by atoms with E-state index in [0.717, 1.165) is 5.52 Å². The van der Waals surface area contributed by atoms with Gasteiger partial charge in [-0.3, -0.25) is 4.79 Å². The smallest absolute Gasteiger partial charge is 0.224 e. The maximum absolute atomic E-state index is 13.3. The molecular weight excluding hydrogens is 281 g/mol. The van der Waals surface area contributed by atoms with Gasteiger partial charge in [0.15, 0.2) is 0 Å². The van der Waals surface area contributed by atoms with Gasteiger partial charge in [-0.25, -0.2) is 9.37 Å². The first-order valence-corrected chi connectivity index (χ1v) is 6.75. The summed E-state index contributed by atoms with van der Waals surface area (Å²) in [6.45, 7) is 5.64. The van der Waals surface area contributed by atoms with Crippen LogP contribution in [-0.2, 0) is 11.3 Å². The van der Waals surface area contributed by atoms with Crippen LogP contribution in [0.3, 0.4) is 0 Å². The molecule has 1 amide bonds. The Hall–Kier alpha value is -1.62. The molecule has 4 nitrogen and oxygen atoms in total. The van der Waals surface area contributed by atoms with Gasteiger partial charge in [-0.2, -0.15) is 0 Å². The number of halogens is 2. The Kier molecular flexibility index (Phi) is 3.73. The van der Waals surface area contributed by atoms with Crippen molar-refractivity contribution in [1.29, 1.82) is 0 Å². The van der Waals surface area contributed by atoms with Crippen LogP contribution in [-0.4, -0.2) is 15.5 Å². The van der Waals surface area contributed by atoms with Gasteiger partial charge in [0.05, 0.1) is 21.8 Å². The van der Waals surface area contributed by atoms with Gasteiger partial charge in [-0.05, 0) is 32.9 Å². The van der Waals surface area contributed by atoms with E-state index in [2.05, 4.69) is 4.98 Å². The molecule has 0 bridgehead atoms. The van der Waals surface area contributed by atoms with Gasteiger partial charge >= 0.3 is 0 Å². The number of rotatable bonds is 4. The fourth-order valence-electron chi connectivity index (χ4n) is 2.06. The topological polar surface area (TPSA) is 60.9 Å². The SMILES string of the molecule is CC(Cl)c1nc2cc(F)ccc2n1CC(C)(C)C(N)=O. The number of carbonyl (C=O) groups excluding carboxylic acids is 1. The average molecular weight is 298 g/mol. The Labute approximate surface area is 121 Å². The van der Waals surface area contributed by atoms with Crippen molar-refractivity contribution in [3.05, 3.63) is 29.8 Å². The lowest BCUT2D eigenvalue weighted by atomic mass is 9.92. The number of imidazole rings is 1. The van der Waals surface area contributed by atoms with Crippen LogP contribution < -0.4 is 5.73 Å². The molecule has 2 N–H and O–H groups in total. The fourth-order valence-corrected chi connectivity index (χ4v) is 2.23. The third-order valence-corrected chi connectivity index (χ3v) is 3.51. The number of carbonyl (C=O) groups is 1. The fraction of sp³-hybridized carbons (Fsp3) is 0.429. The standard InChI is InChI=1S/C14H17ClFN3O/c1-8(15)12-18-10-6-9(16)4-5-11(10)19(12)7-14(2,3)13(17)20/h4-6,8H,7H2,1-3H3,(H2,17,20). The minimum Gasteiger partial charge on any atom is -0.369 e. The lowest BCUT2D eigenvalue weighted by molar-refractivity contribution is -0.126. The molecule has 1 unspecified atom stereocenters. The Morgan fingerprint density at radius 1 is 1.55 bits per heavy atom. The Bertz CT molecular complexity index is 664. The number of aromatic nitrogens is 2. The highest BCUT2D eigenvalue weighted by molar-refractivity contribution is 6.20. The molecule has 1 aromatic carbocycles. The number of nitrogens with two attached hydrogens (primary N) is 1. The minimum atomic E-state index is -0.747. The van der Waals surface area contributed by atoms with Gasteiger partial charge in [0.2, 0.25) is 5.91 Å². The molecule has 108 valence electrons. The van der Waals surface area contributed by atoms with Crippen LogP contribution >= 0.6 is 11.6 Å². The van der Waals surface area contributed by atoms with Crippen LogP contribution in [0.15, 0.2) is 18.2 Å². The number of fused-ring (bicyclic) bond motifs is 1. The van der Waals surface area contributed by atoms with Crippen molar-refractivity contribution in [1.82, 2.24) is 9.55 Å². The van der Waals surface area contributed by atoms with Crippen LogP contribution in [0.4, 0.5) is 4.39 Å². The third kappa shape index (κ3) is 2.63. The number of amides is 1. The first-order chi connectivity index (χ1) is 9.22. The van der Waals surface area contributed by atoms with Crippen LogP contribution in [0.25, 0.3) is 11.0 Å². The third-order valence-electron chi connectivity index (χ3n) is 3.32. The molecule has 0 aliphatic rings. The van der Waals surface area contributed by atoms with Crippen LogP contribution in [0, 0.1) is 11.2 Å². The van der Waals surface area contributed by atoms with E-state index < -0.39 is 11.3 Å². The van der Waals surface area contributed by atoms with Crippen molar-refractivity contribution in [3.8, 4) is 0 Å². The van der Waals surface area contributed by atoms with E-state index in [0.29, 0.717) is 17.9 Å². The van der Waals surface area contributed by atoms with E-state index in [-0.39, 0.29) is 11.2 Å². The van der Waals surface area contributed by atoms with E-state index in [9.17, 15) is 9.18 Å². The van der Waals surface area contributed by atoms with Gasteiger partial charge in [0.1, 0.15) is 11.6 Å².